The second kappa shape index (κ2) is 5.61. The second-order valence-electron chi connectivity index (χ2n) is 4.70. The number of hydrogen-bond acceptors (Lipinski definition) is 5. The number of hydrogen-bond donors (Lipinski definition) is 1. The Hall–Kier alpha value is -3.28. The Morgan fingerprint density at radius 2 is 1.59 bits per heavy atom. The first-order valence-corrected chi connectivity index (χ1v) is 6.58. The predicted molar refractivity (Wildman–Crippen MR) is 84.0 cm³/mol. The molecule has 6 nitrogen and oxygen atoms in total. The van der Waals surface area contributed by atoms with Gasteiger partial charge < -0.3 is 5.73 Å². The molecule has 0 aliphatic heterocycles. The van der Waals surface area contributed by atoms with Gasteiger partial charge in [0.25, 0.3) is 5.69 Å². The number of nitrogens with two attached hydrogens (primary N) is 1. The van der Waals surface area contributed by atoms with Gasteiger partial charge in [0, 0.05) is 23.3 Å². The number of rotatable bonds is 3. The smallest absolute Gasteiger partial charge is 0.269 e. The lowest BCUT2D eigenvalue weighted by molar-refractivity contribution is -0.384. The van der Waals surface area contributed by atoms with Gasteiger partial charge in [-0.2, -0.15) is 0 Å². The summed E-state index contributed by atoms with van der Waals surface area (Å²) in [5.74, 6) is 0.286. The molecule has 0 saturated heterocycles. The van der Waals surface area contributed by atoms with Crippen molar-refractivity contribution in [3.63, 3.8) is 0 Å². The van der Waals surface area contributed by atoms with Crippen molar-refractivity contribution < 1.29 is 4.92 Å². The molecule has 0 radical (unpaired) electrons. The molecule has 108 valence electrons. The van der Waals surface area contributed by atoms with Crippen molar-refractivity contribution in [3.8, 4) is 22.4 Å². The van der Waals surface area contributed by atoms with Crippen LogP contribution in [-0.2, 0) is 0 Å². The number of nitro groups is 1. The molecule has 0 amide bonds. The first-order valence-electron chi connectivity index (χ1n) is 6.58. The molecule has 0 atom stereocenters. The molecule has 0 spiro atoms. The molecule has 1 aromatic heterocycles. The van der Waals surface area contributed by atoms with Crippen LogP contribution >= 0.6 is 0 Å². The summed E-state index contributed by atoms with van der Waals surface area (Å²) < 4.78 is 0. The van der Waals surface area contributed by atoms with Crippen LogP contribution in [0.15, 0.2) is 60.7 Å². The average molecular weight is 292 g/mol. The van der Waals surface area contributed by atoms with E-state index in [9.17, 15) is 10.1 Å². The zero-order valence-corrected chi connectivity index (χ0v) is 11.5. The summed E-state index contributed by atoms with van der Waals surface area (Å²) in [5.41, 5.74) is 9.01. The standard InChI is InChI=1S/C16H12N4O2/c17-16-14(11-6-8-13(9-7-11)20(21)22)10-15(18-19-16)12-4-2-1-3-5-12/h1-10H,(H2,17,19). The van der Waals surface area contributed by atoms with Crippen LogP contribution in [0, 0.1) is 10.1 Å². The molecule has 1 heterocycles. The fraction of sp³-hybridized carbons (Fsp3) is 0. The Balaban J connectivity index is 2.05. The fourth-order valence-corrected chi connectivity index (χ4v) is 2.15. The number of aromatic nitrogens is 2. The van der Waals surface area contributed by atoms with Crippen LogP contribution in [-0.4, -0.2) is 15.1 Å². The fourth-order valence-electron chi connectivity index (χ4n) is 2.15. The quantitative estimate of drug-likeness (QED) is 0.590. The third-order valence-electron chi connectivity index (χ3n) is 3.28. The maximum Gasteiger partial charge on any atom is 0.269 e. The highest BCUT2D eigenvalue weighted by Gasteiger charge is 2.10. The molecular weight excluding hydrogens is 280 g/mol. The zero-order valence-electron chi connectivity index (χ0n) is 11.5. The van der Waals surface area contributed by atoms with E-state index in [1.54, 1.807) is 12.1 Å². The van der Waals surface area contributed by atoms with Crippen molar-refractivity contribution in [2.75, 3.05) is 5.73 Å². The van der Waals surface area contributed by atoms with E-state index in [0.717, 1.165) is 11.1 Å². The summed E-state index contributed by atoms with van der Waals surface area (Å²) in [6, 6.07) is 17.6. The minimum Gasteiger partial charge on any atom is -0.382 e. The van der Waals surface area contributed by atoms with Crippen molar-refractivity contribution in [2.45, 2.75) is 0 Å². The van der Waals surface area contributed by atoms with Crippen LogP contribution in [0.4, 0.5) is 11.5 Å². The number of nitro benzene ring substituents is 1. The molecule has 22 heavy (non-hydrogen) atoms. The molecule has 0 unspecified atom stereocenters. The van der Waals surface area contributed by atoms with Crippen molar-refractivity contribution in [1.82, 2.24) is 10.2 Å². The highest BCUT2D eigenvalue weighted by Crippen LogP contribution is 2.29. The van der Waals surface area contributed by atoms with Gasteiger partial charge in [-0.1, -0.05) is 30.3 Å². The van der Waals surface area contributed by atoms with Crippen LogP contribution in [0.1, 0.15) is 0 Å². The minimum atomic E-state index is -0.437. The molecule has 0 aliphatic carbocycles. The van der Waals surface area contributed by atoms with Gasteiger partial charge >= 0.3 is 0 Å². The van der Waals surface area contributed by atoms with Gasteiger partial charge in [0.05, 0.1) is 10.6 Å². The summed E-state index contributed by atoms with van der Waals surface area (Å²) in [7, 11) is 0. The molecule has 0 fully saturated rings. The highest BCUT2D eigenvalue weighted by atomic mass is 16.6. The number of nitrogens with zero attached hydrogens (tertiary/aromatic N) is 3. The lowest BCUT2D eigenvalue weighted by Crippen LogP contribution is -1.98. The number of anilines is 1. The summed E-state index contributed by atoms with van der Waals surface area (Å²) in [6.07, 6.45) is 0. The van der Waals surface area contributed by atoms with Gasteiger partial charge in [-0.25, -0.2) is 0 Å². The molecule has 2 aromatic carbocycles. The van der Waals surface area contributed by atoms with E-state index < -0.39 is 4.92 Å². The molecule has 0 aliphatic rings. The van der Waals surface area contributed by atoms with Crippen molar-refractivity contribution >= 4 is 11.5 Å². The van der Waals surface area contributed by atoms with E-state index in [-0.39, 0.29) is 11.5 Å². The summed E-state index contributed by atoms with van der Waals surface area (Å²) in [4.78, 5) is 10.3. The van der Waals surface area contributed by atoms with Gasteiger partial charge in [0.2, 0.25) is 0 Å². The third-order valence-corrected chi connectivity index (χ3v) is 3.28. The van der Waals surface area contributed by atoms with E-state index in [1.807, 2.05) is 36.4 Å². The molecule has 6 heteroatoms. The normalized spacial score (nSPS) is 10.4. The molecule has 3 aromatic rings. The van der Waals surface area contributed by atoms with Crippen LogP contribution < -0.4 is 5.73 Å². The van der Waals surface area contributed by atoms with E-state index in [0.29, 0.717) is 11.3 Å². The van der Waals surface area contributed by atoms with Crippen LogP contribution in [0.3, 0.4) is 0 Å². The minimum absolute atomic E-state index is 0.0348. The van der Waals surface area contributed by atoms with Gasteiger partial charge in [-0.3, -0.25) is 10.1 Å². The maximum absolute atomic E-state index is 10.7. The molecule has 3 rings (SSSR count). The largest absolute Gasteiger partial charge is 0.382 e. The first kappa shape index (κ1) is 13.7. The van der Waals surface area contributed by atoms with Gasteiger partial charge in [0.1, 0.15) is 0 Å². The molecule has 0 bridgehead atoms. The highest BCUT2D eigenvalue weighted by molar-refractivity contribution is 5.77. The lowest BCUT2D eigenvalue weighted by Gasteiger charge is -2.07. The van der Waals surface area contributed by atoms with Crippen molar-refractivity contribution in [1.29, 1.82) is 0 Å². The second-order valence-corrected chi connectivity index (χ2v) is 4.70. The molecule has 2 N–H and O–H groups in total. The first-order chi connectivity index (χ1) is 10.6. The monoisotopic (exact) mass is 292 g/mol. The predicted octanol–water partition coefficient (Wildman–Crippen LogP) is 3.30. The Bertz CT molecular complexity index is 817. The number of non-ortho nitro benzene ring substituents is 1. The van der Waals surface area contributed by atoms with Crippen LogP contribution in [0.2, 0.25) is 0 Å². The molecular formula is C16H12N4O2. The van der Waals surface area contributed by atoms with E-state index in [1.165, 1.54) is 12.1 Å². The third kappa shape index (κ3) is 2.62. The van der Waals surface area contributed by atoms with Crippen molar-refractivity contribution in [2.24, 2.45) is 0 Å². The summed E-state index contributed by atoms with van der Waals surface area (Å²) in [6.45, 7) is 0. The maximum atomic E-state index is 10.7. The lowest BCUT2D eigenvalue weighted by atomic mass is 10.0. The summed E-state index contributed by atoms with van der Waals surface area (Å²) >= 11 is 0. The Labute approximate surface area is 126 Å². The van der Waals surface area contributed by atoms with Crippen molar-refractivity contribution in [3.05, 3.63) is 70.8 Å². The average Bonchev–Trinajstić information content (AvgIpc) is 2.56. The van der Waals surface area contributed by atoms with E-state index in [4.69, 9.17) is 5.73 Å². The SMILES string of the molecule is Nc1nnc(-c2ccccc2)cc1-c1ccc([N+](=O)[O-])cc1. The Morgan fingerprint density at radius 1 is 0.909 bits per heavy atom. The number of benzene rings is 2. The van der Waals surface area contributed by atoms with E-state index in [2.05, 4.69) is 10.2 Å². The summed E-state index contributed by atoms with van der Waals surface area (Å²) in [5, 5.41) is 18.8. The van der Waals surface area contributed by atoms with E-state index >= 15 is 0 Å². The molecule has 0 saturated carbocycles. The number of nitrogen functional groups attached to an aromatic ring is 1. The van der Waals surface area contributed by atoms with Gasteiger partial charge in [-0.05, 0) is 23.8 Å². The van der Waals surface area contributed by atoms with Crippen LogP contribution in [0.5, 0.6) is 0 Å². The Kier molecular flexibility index (Phi) is 3.49. The topological polar surface area (TPSA) is 94.9 Å². The van der Waals surface area contributed by atoms with Gasteiger partial charge in [0.15, 0.2) is 5.82 Å². The van der Waals surface area contributed by atoms with Crippen LogP contribution in [0.25, 0.3) is 22.4 Å². The Morgan fingerprint density at radius 3 is 2.23 bits per heavy atom. The van der Waals surface area contributed by atoms with Gasteiger partial charge in [-0.15, -0.1) is 10.2 Å². The zero-order chi connectivity index (χ0) is 15.5.